The van der Waals surface area contributed by atoms with Crippen LogP contribution in [-0.2, 0) is 20.0 Å². The third-order valence-electron chi connectivity index (χ3n) is 3.45. The number of aromatic nitrogens is 2. The molecular weight excluding hydrogens is 338 g/mol. The molecule has 0 spiro atoms. The fourth-order valence-electron chi connectivity index (χ4n) is 2.20. The highest BCUT2D eigenvalue weighted by Gasteiger charge is 2.14. The van der Waals surface area contributed by atoms with Crippen LogP contribution in [0.3, 0.4) is 0 Å². The summed E-state index contributed by atoms with van der Waals surface area (Å²) in [5.74, 6) is 0. The Hall–Kier alpha value is -0.840. The van der Waals surface area contributed by atoms with Crippen LogP contribution in [0.2, 0.25) is 5.02 Å². The molecule has 5 heteroatoms. The van der Waals surface area contributed by atoms with E-state index < -0.39 is 0 Å². The lowest BCUT2D eigenvalue weighted by Crippen LogP contribution is -2.20. The molecule has 0 radical (unpaired) electrons. The normalized spacial score (nSPS) is 12.7. The number of hydrogen-bond acceptors (Lipinski definition) is 2. The van der Waals surface area contributed by atoms with Crippen LogP contribution in [-0.4, -0.2) is 9.78 Å². The van der Waals surface area contributed by atoms with E-state index in [0.717, 1.165) is 39.4 Å². The van der Waals surface area contributed by atoms with Crippen LogP contribution in [0.5, 0.6) is 0 Å². The predicted molar refractivity (Wildman–Crippen MR) is 87.0 cm³/mol. The van der Waals surface area contributed by atoms with E-state index in [4.69, 9.17) is 11.6 Å². The molecule has 1 N–H and O–H groups in total. The molecule has 0 amide bonds. The van der Waals surface area contributed by atoms with E-state index in [1.165, 1.54) is 0 Å². The van der Waals surface area contributed by atoms with Gasteiger partial charge in [0.1, 0.15) is 0 Å². The lowest BCUT2D eigenvalue weighted by Gasteiger charge is -2.16. The topological polar surface area (TPSA) is 29.9 Å². The van der Waals surface area contributed by atoms with Crippen LogP contribution in [0.25, 0.3) is 0 Å². The molecule has 1 heterocycles. The summed E-state index contributed by atoms with van der Waals surface area (Å²) < 4.78 is 3.02. The first-order valence-electron chi connectivity index (χ1n) is 6.72. The van der Waals surface area contributed by atoms with Crippen molar-refractivity contribution in [3.8, 4) is 0 Å². The summed E-state index contributed by atoms with van der Waals surface area (Å²) in [5.41, 5.74) is 3.36. The monoisotopic (exact) mass is 355 g/mol. The molecule has 2 rings (SSSR count). The molecule has 2 aromatic rings. The number of nitrogens with one attached hydrogen (secondary N) is 1. The molecule has 1 aromatic heterocycles. The Labute approximate surface area is 133 Å². The van der Waals surface area contributed by atoms with Crippen molar-refractivity contribution in [1.29, 1.82) is 0 Å². The second-order valence-corrected chi connectivity index (χ2v) is 6.01. The highest BCUT2D eigenvalue weighted by molar-refractivity contribution is 9.10. The van der Waals surface area contributed by atoms with Crippen LogP contribution in [0.4, 0.5) is 0 Å². The number of hydrogen-bond donors (Lipinski definition) is 1. The summed E-state index contributed by atoms with van der Waals surface area (Å²) in [6.07, 6.45) is 0.925. The maximum absolute atomic E-state index is 6.22. The third-order valence-corrected chi connectivity index (χ3v) is 4.71. The molecule has 0 aliphatic carbocycles. The van der Waals surface area contributed by atoms with Crippen molar-refractivity contribution in [3.63, 3.8) is 0 Å². The molecule has 0 aliphatic rings. The van der Waals surface area contributed by atoms with Crippen molar-refractivity contribution in [2.75, 3.05) is 0 Å². The van der Waals surface area contributed by atoms with Crippen molar-refractivity contribution >= 4 is 27.5 Å². The third kappa shape index (κ3) is 3.25. The summed E-state index contributed by atoms with van der Waals surface area (Å²) in [4.78, 5) is 0. The summed E-state index contributed by atoms with van der Waals surface area (Å²) in [6, 6.07) is 8.12. The quantitative estimate of drug-likeness (QED) is 0.868. The molecule has 3 nitrogen and oxygen atoms in total. The first-order chi connectivity index (χ1) is 9.54. The van der Waals surface area contributed by atoms with E-state index in [-0.39, 0.29) is 6.04 Å². The first kappa shape index (κ1) is 15.5. The van der Waals surface area contributed by atoms with Gasteiger partial charge in [-0.05, 0) is 40.9 Å². The maximum atomic E-state index is 6.22. The Balaban J connectivity index is 2.09. The zero-order chi connectivity index (χ0) is 14.7. The van der Waals surface area contributed by atoms with E-state index in [9.17, 15) is 0 Å². The zero-order valence-electron chi connectivity index (χ0n) is 12.0. The number of aryl methyl sites for hydroxylation is 2. The Bertz CT molecular complexity index is 595. The van der Waals surface area contributed by atoms with E-state index in [2.05, 4.69) is 46.3 Å². The zero-order valence-corrected chi connectivity index (χ0v) is 14.3. The molecule has 0 fully saturated rings. The minimum atomic E-state index is 0.190. The van der Waals surface area contributed by atoms with Crippen molar-refractivity contribution in [3.05, 3.63) is 50.7 Å². The van der Waals surface area contributed by atoms with Gasteiger partial charge in [-0.2, -0.15) is 5.10 Å². The Morgan fingerprint density at radius 3 is 2.70 bits per heavy atom. The van der Waals surface area contributed by atoms with Crippen molar-refractivity contribution < 1.29 is 0 Å². The first-order valence-corrected chi connectivity index (χ1v) is 7.89. The average Bonchev–Trinajstić information content (AvgIpc) is 2.71. The molecule has 0 saturated carbocycles. The smallest absolute Gasteiger partial charge is 0.0767 e. The fourth-order valence-corrected chi connectivity index (χ4v) is 3.25. The van der Waals surface area contributed by atoms with Gasteiger partial charge in [-0.15, -0.1) is 0 Å². The van der Waals surface area contributed by atoms with Gasteiger partial charge in [-0.1, -0.05) is 36.7 Å². The molecule has 1 aromatic carbocycles. The van der Waals surface area contributed by atoms with E-state index in [1.54, 1.807) is 0 Å². The van der Waals surface area contributed by atoms with E-state index in [1.807, 2.05) is 29.9 Å². The van der Waals surface area contributed by atoms with E-state index in [0.29, 0.717) is 0 Å². The summed E-state index contributed by atoms with van der Waals surface area (Å²) in [6.45, 7) is 4.97. The molecule has 0 bridgehead atoms. The number of rotatable bonds is 5. The highest BCUT2D eigenvalue weighted by atomic mass is 79.9. The molecule has 20 heavy (non-hydrogen) atoms. The second-order valence-electron chi connectivity index (χ2n) is 4.81. The van der Waals surface area contributed by atoms with Gasteiger partial charge in [0.2, 0.25) is 0 Å². The van der Waals surface area contributed by atoms with Gasteiger partial charge in [-0.3, -0.25) is 4.68 Å². The van der Waals surface area contributed by atoms with Gasteiger partial charge in [0.15, 0.2) is 0 Å². The van der Waals surface area contributed by atoms with Gasteiger partial charge in [0.05, 0.1) is 15.9 Å². The van der Waals surface area contributed by atoms with Gasteiger partial charge in [0, 0.05) is 24.7 Å². The average molecular weight is 357 g/mol. The summed E-state index contributed by atoms with van der Waals surface area (Å²) >= 11 is 9.86. The molecule has 0 saturated heterocycles. The maximum Gasteiger partial charge on any atom is 0.0767 e. The van der Waals surface area contributed by atoms with Crippen molar-refractivity contribution in [1.82, 2.24) is 15.1 Å². The molecular formula is C15H19BrClN3. The van der Waals surface area contributed by atoms with Crippen molar-refractivity contribution in [2.24, 2.45) is 7.05 Å². The van der Waals surface area contributed by atoms with Gasteiger partial charge in [-0.25, -0.2) is 0 Å². The number of halogens is 2. The standard InChI is InChI=1S/C15H19BrClN3/c1-4-13-15(16)14(20(3)19-13)9-18-10(2)11-7-5-6-8-12(11)17/h5-8,10,18H,4,9H2,1-3H3/t10-/m1/s1. The largest absolute Gasteiger partial charge is 0.304 e. The molecule has 0 aliphatic heterocycles. The number of benzene rings is 1. The Morgan fingerprint density at radius 1 is 1.40 bits per heavy atom. The van der Waals surface area contributed by atoms with Gasteiger partial charge in [0.25, 0.3) is 0 Å². The summed E-state index contributed by atoms with van der Waals surface area (Å²) in [7, 11) is 1.97. The van der Waals surface area contributed by atoms with Gasteiger partial charge >= 0.3 is 0 Å². The second kappa shape index (κ2) is 6.74. The fraction of sp³-hybridized carbons (Fsp3) is 0.400. The van der Waals surface area contributed by atoms with Crippen molar-refractivity contribution in [2.45, 2.75) is 32.9 Å². The Kier molecular flexibility index (Phi) is 5.24. The predicted octanol–water partition coefficient (Wildman–Crippen LogP) is 4.25. The van der Waals surface area contributed by atoms with E-state index >= 15 is 0 Å². The lowest BCUT2D eigenvalue weighted by atomic mass is 10.1. The Morgan fingerprint density at radius 2 is 2.10 bits per heavy atom. The molecule has 1 atom stereocenters. The van der Waals surface area contributed by atoms with Crippen LogP contribution < -0.4 is 5.32 Å². The highest BCUT2D eigenvalue weighted by Crippen LogP contribution is 2.25. The van der Waals surface area contributed by atoms with Crippen LogP contribution in [0, 0.1) is 0 Å². The van der Waals surface area contributed by atoms with Crippen LogP contribution >= 0.6 is 27.5 Å². The van der Waals surface area contributed by atoms with Crippen LogP contribution in [0.1, 0.15) is 36.8 Å². The number of nitrogens with zero attached hydrogens (tertiary/aromatic N) is 2. The SMILES string of the molecule is CCc1nn(C)c(CN[C@H](C)c2ccccc2Cl)c1Br. The molecule has 108 valence electrons. The summed E-state index contributed by atoms with van der Waals surface area (Å²) in [5, 5.41) is 8.80. The lowest BCUT2D eigenvalue weighted by molar-refractivity contribution is 0.547. The minimum absolute atomic E-state index is 0.190. The minimum Gasteiger partial charge on any atom is -0.304 e. The van der Waals surface area contributed by atoms with Crippen LogP contribution in [0.15, 0.2) is 28.7 Å². The van der Waals surface area contributed by atoms with Gasteiger partial charge < -0.3 is 5.32 Å². The molecule has 0 unspecified atom stereocenters.